The average molecular weight is 391 g/mol. The van der Waals surface area contributed by atoms with Crippen LogP contribution in [0, 0.1) is 0 Å². The molecule has 0 saturated heterocycles. The van der Waals surface area contributed by atoms with E-state index in [-0.39, 0.29) is 12.2 Å². The van der Waals surface area contributed by atoms with Gasteiger partial charge in [0.2, 0.25) is 0 Å². The number of ether oxygens (including phenoxy) is 2. The van der Waals surface area contributed by atoms with Gasteiger partial charge in [0.15, 0.2) is 5.78 Å². The van der Waals surface area contributed by atoms with E-state index >= 15 is 0 Å². The maximum absolute atomic E-state index is 11.9. The van der Waals surface area contributed by atoms with Crippen LogP contribution < -0.4 is 4.74 Å². The van der Waals surface area contributed by atoms with Crippen LogP contribution in [-0.2, 0) is 9.53 Å². The summed E-state index contributed by atoms with van der Waals surface area (Å²) in [4.78, 5) is 23.0. The molecule has 0 aliphatic heterocycles. The van der Waals surface area contributed by atoms with Crippen LogP contribution in [0.1, 0.15) is 101 Å². The fourth-order valence-corrected chi connectivity index (χ4v) is 3.18. The molecule has 0 N–H and O–H groups in total. The Balaban J connectivity index is 2.00. The zero-order chi connectivity index (χ0) is 20.5. The number of ketones is 1. The van der Waals surface area contributed by atoms with Gasteiger partial charge in [-0.3, -0.25) is 9.59 Å². The summed E-state index contributed by atoms with van der Waals surface area (Å²) in [5.41, 5.74) is 0.503. The van der Waals surface area contributed by atoms with Crippen LogP contribution in [0.3, 0.4) is 0 Å². The number of hydrogen-bond acceptors (Lipinski definition) is 4. The van der Waals surface area contributed by atoms with Crippen molar-refractivity contribution in [3.63, 3.8) is 0 Å². The normalized spacial score (nSPS) is 10.6. The Hall–Kier alpha value is -1.84. The highest BCUT2D eigenvalue weighted by Gasteiger charge is 2.11. The molecule has 1 aromatic rings. The molecular weight excluding hydrogens is 352 g/mol. The monoisotopic (exact) mass is 390 g/mol. The SMILES string of the molecule is CCCCCCCCCCCCCCOc1ccc(C(=O)CC(=O)OC)cc1. The number of benzene rings is 1. The molecule has 0 saturated carbocycles. The van der Waals surface area contributed by atoms with E-state index in [0.29, 0.717) is 12.2 Å². The Morgan fingerprint density at radius 3 is 1.75 bits per heavy atom. The van der Waals surface area contributed by atoms with Crippen LogP contribution in [0.5, 0.6) is 5.75 Å². The van der Waals surface area contributed by atoms with Crippen LogP contribution in [-0.4, -0.2) is 25.5 Å². The van der Waals surface area contributed by atoms with Crippen molar-refractivity contribution >= 4 is 11.8 Å². The molecule has 0 spiro atoms. The molecule has 4 heteroatoms. The Labute approximate surface area is 171 Å². The number of hydrogen-bond donors (Lipinski definition) is 0. The van der Waals surface area contributed by atoms with Gasteiger partial charge in [0.25, 0.3) is 0 Å². The summed E-state index contributed by atoms with van der Waals surface area (Å²) in [5, 5.41) is 0. The lowest BCUT2D eigenvalue weighted by Crippen LogP contribution is -2.09. The first-order chi connectivity index (χ1) is 13.7. The van der Waals surface area contributed by atoms with Crippen LogP contribution in [0.15, 0.2) is 24.3 Å². The molecule has 158 valence electrons. The van der Waals surface area contributed by atoms with E-state index in [1.165, 1.54) is 77.7 Å². The molecule has 1 rings (SSSR count). The van der Waals surface area contributed by atoms with Gasteiger partial charge in [-0.05, 0) is 30.7 Å². The first-order valence-electron chi connectivity index (χ1n) is 11.0. The molecule has 0 bridgehead atoms. The first-order valence-corrected chi connectivity index (χ1v) is 11.0. The molecule has 0 unspecified atom stereocenters. The minimum absolute atomic E-state index is 0.227. The van der Waals surface area contributed by atoms with Gasteiger partial charge in [-0.1, -0.05) is 77.6 Å². The van der Waals surface area contributed by atoms with Gasteiger partial charge in [0, 0.05) is 5.56 Å². The highest BCUT2D eigenvalue weighted by Crippen LogP contribution is 2.15. The summed E-state index contributed by atoms with van der Waals surface area (Å²) in [6.07, 6.45) is 15.7. The molecule has 0 heterocycles. The lowest BCUT2D eigenvalue weighted by molar-refractivity contribution is -0.139. The van der Waals surface area contributed by atoms with Crippen LogP contribution in [0.2, 0.25) is 0 Å². The molecule has 0 amide bonds. The zero-order valence-electron chi connectivity index (χ0n) is 17.8. The predicted molar refractivity (Wildman–Crippen MR) is 114 cm³/mol. The second-order valence-corrected chi connectivity index (χ2v) is 7.44. The topological polar surface area (TPSA) is 52.6 Å². The summed E-state index contributed by atoms with van der Waals surface area (Å²) in [7, 11) is 1.28. The highest BCUT2D eigenvalue weighted by molar-refractivity contribution is 6.05. The van der Waals surface area contributed by atoms with Crippen LogP contribution >= 0.6 is 0 Å². The molecule has 0 fully saturated rings. The van der Waals surface area contributed by atoms with E-state index in [1.54, 1.807) is 24.3 Å². The highest BCUT2D eigenvalue weighted by atomic mass is 16.5. The van der Waals surface area contributed by atoms with Gasteiger partial charge in [0.1, 0.15) is 12.2 Å². The Bertz CT molecular complexity index is 536. The molecule has 1 aromatic carbocycles. The number of carbonyl (C=O) groups excluding carboxylic acids is 2. The van der Waals surface area contributed by atoms with Crippen molar-refractivity contribution in [2.45, 2.75) is 90.4 Å². The van der Waals surface area contributed by atoms with Crippen molar-refractivity contribution in [2.24, 2.45) is 0 Å². The molecule has 0 aliphatic carbocycles. The smallest absolute Gasteiger partial charge is 0.313 e. The summed E-state index contributed by atoms with van der Waals surface area (Å²) >= 11 is 0. The second-order valence-electron chi connectivity index (χ2n) is 7.44. The molecule has 0 atom stereocenters. The van der Waals surface area contributed by atoms with Crippen LogP contribution in [0.4, 0.5) is 0 Å². The summed E-state index contributed by atoms with van der Waals surface area (Å²) < 4.78 is 10.2. The van der Waals surface area contributed by atoms with E-state index in [4.69, 9.17) is 4.74 Å². The predicted octanol–water partition coefficient (Wildman–Crippen LogP) is 6.51. The van der Waals surface area contributed by atoms with E-state index in [0.717, 1.165) is 12.2 Å². The minimum atomic E-state index is -0.516. The summed E-state index contributed by atoms with van der Waals surface area (Å²) in [6, 6.07) is 6.96. The third kappa shape index (κ3) is 11.8. The van der Waals surface area contributed by atoms with Crippen molar-refractivity contribution < 1.29 is 19.1 Å². The molecule has 28 heavy (non-hydrogen) atoms. The Kier molecular flexibility index (Phi) is 14.0. The van der Waals surface area contributed by atoms with Crippen molar-refractivity contribution in [3.05, 3.63) is 29.8 Å². The molecule has 0 aromatic heterocycles. The first kappa shape index (κ1) is 24.2. The summed E-state index contributed by atoms with van der Waals surface area (Å²) in [6.45, 7) is 2.96. The third-order valence-electron chi connectivity index (χ3n) is 4.98. The van der Waals surface area contributed by atoms with Gasteiger partial charge in [-0.15, -0.1) is 0 Å². The third-order valence-corrected chi connectivity index (χ3v) is 4.98. The number of esters is 1. The lowest BCUT2D eigenvalue weighted by Gasteiger charge is -2.07. The van der Waals surface area contributed by atoms with Gasteiger partial charge >= 0.3 is 5.97 Å². The van der Waals surface area contributed by atoms with Crippen molar-refractivity contribution in [1.29, 1.82) is 0 Å². The Morgan fingerprint density at radius 2 is 1.25 bits per heavy atom. The standard InChI is InChI=1S/C24H38O4/c1-3-4-5-6-7-8-9-10-11-12-13-14-19-28-22-17-15-21(16-18-22)23(25)20-24(26)27-2/h15-18H,3-14,19-20H2,1-2H3. The molecule has 0 aliphatic rings. The largest absolute Gasteiger partial charge is 0.494 e. The number of rotatable bonds is 17. The molecule has 0 radical (unpaired) electrons. The average Bonchev–Trinajstić information content (AvgIpc) is 2.71. The minimum Gasteiger partial charge on any atom is -0.494 e. The second kappa shape index (κ2) is 16.1. The van der Waals surface area contributed by atoms with Crippen LogP contribution in [0.25, 0.3) is 0 Å². The van der Waals surface area contributed by atoms with Gasteiger partial charge in [0.05, 0.1) is 13.7 Å². The molecular formula is C24H38O4. The van der Waals surface area contributed by atoms with E-state index in [2.05, 4.69) is 11.7 Å². The zero-order valence-corrected chi connectivity index (χ0v) is 17.8. The van der Waals surface area contributed by atoms with Crippen molar-refractivity contribution in [3.8, 4) is 5.75 Å². The number of unbranched alkanes of at least 4 members (excludes halogenated alkanes) is 11. The maximum atomic E-state index is 11.9. The van der Waals surface area contributed by atoms with E-state index in [9.17, 15) is 9.59 Å². The Morgan fingerprint density at radius 1 is 0.750 bits per heavy atom. The van der Waals surface area contributed by atoms with Gasteiger partial charge < -0.3 is 9.47 Å². The fraction of sp³-hybridized carbons (Fsp3) is 0.667. The molecule has 4 nitrogen and oxygen atoms in total. The number of Topliss-reactive ketones (excluding diaryl/α,β-unsaturated/α-hetero) is 1. The van der Waals surface area contributed by atoms with Crippen molar-refractivity contribution in [2.75, 3.05) is 13.7 Å². The number of methoxy groups -OCH3 is 1. The maximum Gasteiger partial charge on any atom is 0.313 e. The fourth-order valence-electron chi connectivity index (χ4n) is 3.18. The van der Waals surface area contributed by atoms with Gasteiger partial charge in [-0.2, -0.15) is 0 Å². The van der Waals surface area contributed by atoms with E-state index < -0.39 is 5.97 Å². The lowest BCUT2D eigenvalue weighted by atomic mass is 10.1. The van der Waals surface area contributed by atoms with Gasteiger partial charge in [-0.25, -0.2) is 0 Å². The summed E-state index contributed by atoms with van der Waals surface area (Å²) in [5.74, 6) is 0.00866. The number of carbonyl (C=O) groups is 2. The van der Waals surface area contributed by atoms with Crippen molar-refractivity contribution in [1.82, 2.24) is 0 Å². The van der Waals surface area contributed by atoms with E-state index in [1.807, 2.05) is 0 Å². The quantitative estimate of drug-likeness (QED) is 0.132.